The smallest absolute Gasteiger partial charge is 0.337 e. The number of esters is 5. The highest BCUT2D eigenvalue weighted by atomic mass is 16.7. The van der Waals surface area contributed by atoms with Crippen LogP contribution in [0.2, 0.25) is 0 Å². The SMILES string of the molecule is COC(=O)c1cccc(-c2ccc(O[C@H]3O[C@H](COC(C)=O)[C@@H](OC(C)=O)[C@H](OC(C)=O)[C@]3(C)OC(C)=O)c(C)c2)c1. The summed E-state index contributed by atoms with van der Waals surface area (Å²) in [6.45, 7) is 7.45. The van der Waals surface area contributed by atoms with Crippen LogP contribution in [-0.4, -0.2) is 73.8 Å². The maximum Gasteiger partial charge on any atom is 0.337 e. The molecule has 0 aliphatic carbocycles. The second-order valence-corrected chi connectivity index (χ2v) is 9.86. The molecule has 226 valence electrons. The summed E-state index contributed by atoms with van der Waals surface area (Å²) in [5.74, 6) is -3.00. The number of hydrogen-bond donors (Lipinski definition) is 0. The predicted octanol–water partition coefficient (Wildman–Crippen LogP) is 3.30. The fourth-order valence-corrected chi connectivity index (χ4v) is 4.63. The Morgan fingerprint density at radius 3 is 2.10 bits per heavy atom. The van der Waals surface area contributed by atoms with E-state index < -0.39 is 60.0 Å². The van der Waals surface area contributed by atoms with Crippen LogP contribution in [0.25, 0.3) is 11.1 Å². The lowest BCUT2D eigenvalue weighted by Gasteiger charge is -2.49. The number of ether oxygens (including phenoxy) is 7. The second-order valence-electron chi connectivity index (χ2n) is 9.86. The first kappa shape index (κ1) is 32.1. The number of carbonyl (C=O) groups excluding carboxylic acids is 5. The maximum absolute atomic E-state index is 12.3. The quantitative estimate of drug-likeness (QED) is 0.313. The molecule has 0 N–H and O–H groups in total. The molecule has 1 saturated heterocycles. The minimum Gasteiger partial charge on any atom is -0.465 e. The Balaban J connectivity index is 2.03. The topological polar surface area (TPSA) is 150 Å². The Morgan fingerprint density at radius 2 is 1.52 bits per heavy atom. The van der Waals surface area contributed by atoms with Crippen LogP contribution in [-0.2, 0) is 47.6 Å². The Bertz CT molecular complexity index is 1350. The van der Waals surface area contributed by atoms with Crippen molar-refractivity contribution in [2.75, 3.05) is 13.7 Å². The number of methoxy groups -OCH3 is 1. The molecule has 0 radical (unpaired) electrons. The van der Waals surface area contributed by atoms with E-state index in [0.717, 1.165) is 31.9 Å². The van der Waals surface area contributed by atoms with E-state index in [1.807, 2.05) is 12.1 Å². The number of aryl methyl sites for hydroxylation is 1. The zero-order valence-corrected chi connectivity index (χ0v) is 24.5. The summed E-state index contributed by atoms with van der Waals surface area (Å²) < 4.78 is 38.9. The van der Waals surface area contributed by atoms with Crippen LogP contribution in [0.4, 0.5) is 0 Å². The highest BCUT2D eigenvalue weighted by molar-refractivity contribution is 5.91. The van der Waals surface area contributed by atoms with Gasteiger partial charge >= 0.3 is 29.8 Å². The van der Waals surface area contributed by atoms with Gasteiger partial charge in [-0.25, -0.2) is 4.79 Å². The van der Waals surface area contributed by atoms with Crippen molar-refractivity contribution in [2.45, 2.75) is 71.7 Å². The van der Waals surface area contributed by atoms with Gasteiger partial charge in [0, 0.05) is 27.7 Å². The second kappa shape index (κ2) is 13.5. The summed E-state index contributed by atoms with van der Waals surface area (Å²) in [7, 11) is 1.31. The van der Waals surface area contributed by atoms with Crippen molar-refractivity contribution in [1.29, 1.82) is 0 Å². The van der Waals surface area contributed by atoms with Gasteiger partial charge in [-0.3, -0.25) is 19.2 Å². The van der Waals surface area contributed by atoms with Crippen molar-refractivity contribution < 1.29 is 57.1 Å². The average Bonchev–Trinajstić information content (AvgIpc) is 2.91. The van der Waals surface area contributed by atoms with Crippen molar-refractivity contribution in [3.05, 3.63) is 53.6 Å². The molecule has 0 spiro atoms. The molecule has 2 aromatic carbocycles. The van der Waals surface area contributed by atoms with Gasteiger partial charge in [0.2, 0.25) is 11.9 Å². The third kappa shape index (κ3) is 7.64. The van der Waals surface area contributed by atoms with Gasteiger partial charge in [0.1, 0.15) is 18.5 Å². The Morgan fingerprint density at radius 1 is 0.857 bits per heavy atom. The maximum atomic E-state index is 12.3. The van der Waals surface area contributed by atoms with Gasteiger partial charge < -0.3 is 33.2 Å². The lowest BCUT2D eigenvalue weighted by molar-refractivity contribution is -0.321. The summed E-state index contributed by atoms with van der Waals surface area (Å²) in [5.41, 5.74) is 0.751. The van der Waals surface area contributed by atoms with E-state index in [-0.39, 0.29) is 6.61 Å². The third-order valence-electron chi connectivity index (χ3n) is 6.43. The Labute approximate surface area is 243 Å². The van der Waals surface area contributed by atoms with Crippen LogP contribution >= 0.6 is 0 Å². The van der Waals surface area contributed by atoms with E-state index in [0.29, 0.717) is 16.9 Å². The molecule has 12 nitrogen and oxygen atoms in total. The molecule has 1 aliphatic rings. The van der Waals surface area contributed by atoms with Crippen LogP contribution in [0, 0.1) is 6.92 Å². The molecule has 42 heavy (non-hydrogen) atoms. The summed E-state index contributed by atoms with van der Waals surface area (Å²) >= 11 is 0. The Hall–Kier alpha value is -4.45. The summed E-state index contributed by atoms with van der Waals surface area (Å²) in [5, 5.41) is 0. The molecule has 1 heterocycles. The van der Waals surface area contributed by atoms with Gasteiger partial charge in [0.15, 0.2) is 12.2 Å². The van der Waals surface area contributed by atoms with E-state index in [4.69, 9.17) is 33.2 Å². The molecule has 1 aliphatic heterocycles. The largest absolute Gasteiger partial charge is 0.465 e. The normalized spacial score (nSPS) is 23.2. The van der Waals surface area contributed by atoms with E-state index >= 15 is 0 Å². The number of hydrogen-bond acceptors (Lipinski definition) is 12. The van der Waals surface area contributed by atoms with Crippen LogP contribution in [0.3, 0.4) is 0 Å². The predicted molar refractivity (Wildman–Crippen MR) is 145 cm³/mol. The van der Waals surface area contributed by atoms with E-state index in [9.17, 15) is 24.0 Å². The first-order valence-corrected chi connectivity index (χ1v) is 13.0. The first-order chi connectivity index (χ1) is 19.7. The fraction of sp³-hybridized carbons (Fsp3) is 0.433. The van der Waals surface area contributed by atoms with Crippen LogP contribution < -0.4 is 4.74 Å². The van der Waals surface area contributed by atoms with Crippen molar-refractivity contribution in [3.8, 4) is 16.9 Å². The molecular formula is C30H34O12. The highest BCUT2D eigenvalue weighted by Crippen LogP contribution is 2.39. The highest BCUT2D eigenvalue weighted by Gasteiger charge is 2.61. The van der Waals surface area contributed by atoms with Gasteiger partial charge in [0.25, 0.3) is 0 Å². The van der Waals surface area contributed by atoms with Crippen LogP contribution in [0.5, 0.6) is 5.75 Å². The molecule has 0 aromatic heterocycles. The van der Waals surface area contributed by atoms with Gasteiger partial charge in [0.05, 0.1) is 12.7 Å². The monoisotopic (exact) mass is 586 g/mol. The minimum absolute atomic E-state index is 0.324. The van der Waals surface area contributed by atoms with Gasteiger partial charge in [-0.15, -0.1) is 0 Å². The lowest BCUT2D eigenvalue weighted by Crippen LogP contribution is -2.70. The molecule has 0 bridgehead atoms. The zero-order chi connectivity index (χ0) is 31.2. The molecule has 2 aromatic rings. The molecule has 3 rings (SSSR count). The molecule has 5 atom stereocenters. The molecule has 0 saturated carbocycles. The van der Waals surface area contributed by atoms with Gasteiger partial charge in [-0.2, -0.15) is 0 Å². The van der Waals surface area contributed by atoms with E-state index in [1.54, 1.807) is 37.3 Å². The summed E-state index contributed by atoms with van der Waals surface area (Å²) in [4.78, 5) is 60.0. The minimum atomic E-state index is -1.82. The van der Waals surface area contributed by atoms with Gasteiger partial charge in [-0.1, -0.05) is 18.2 Å². The molecule has 0 unspecified atom stereocenters. The number of rotatable bonds is 9. The zero-order valence-electron chi connectivity index (χ0n) is 24.5. The number of benzene rings is 2. The van der Waals surface area contributed by atoms with E-state index in [1.165, 1.54) is 21.0 Å². The first-order valence-electron chi connectivity index (χ1n) is 13.0. The van der Waals surface area contributed by atoms with Crippen LogP contribution in [0.1, 0.15) is 50.5 Å². The standard InChI is InChI=1S/C30H34O12/c1-16-13-22(21-9-8-10-23(14-21)28(35)36-7)11-12-24(16)40-29-30(6,42-20(5)34)27(39-19(4)33)26(38-18(3)32)25(41-29)15-37-17(2)31/h8-14,25-27,29H,15H2,1-7H3/t25-,26-,27+,29+,30+/m1/s1. The molecule has 0 amide bonds. The van der Waals surface area contributed by atoms with Gasteiger partial charge in [-0.05, 0) is 54.8 Å². The van der Waals surface area contributed by atoms with Crippen molar-refractivity contribution in [3.63, 3.8) is 0 Å². The number of carbonyl (C=O) groups is 5. The van der Waals surface area contributed by atoms with E-state index in [2.05, 4.69) is 0 Å². The fourth-order valence-electron chi connectivity index (χ4n) is 4.63. The summed E-state index contributed by atoms with van der Waals surface area (Å²) in [6.07, 6.45) is -5.29. The third-order valence-corrected chi connectivity index (χ3v) is 6.43. The summed E-state index contributed by atoms with van der Waals surface area (Å²) in [6, 6.07) is 12.1. The average molecular weight is 587 g/mol. The van der Waals surface area contributed by atoms with Crippen molar-refractivity contribution in [2.24, 2.45) is 0 Å². The Kier molecular flexibility index (Phi) is 10.3. The molecule has 12 heteroatoms. The molecule has 1 fully saturated rings. The van der Waals surface area contributed by atoms with Crippen molar-refractivity contribution in [1.82, 2.24) is 0 Å². The lowest BCUT2D eigenvalue weighted by atomic mass is 9.87. The van der Waals surface area contributed by atoms with Crippen LogP contribution in [0.15, 0.2) is 42.5 Å². The van der Waals surface area contributed by atoms with Crippen molar-refractivity contribution >= 4 is 29.8 Å². The molecular weight excluding hydrogens is 552 g/mol.